The van der Waals surface area contributed by atoms with Gasteiger partial charge in [0, 0.05) is 28.9 Å². The molecule has 2 aromatic carbocycles. The lowest BCUT2D eigenvalue weighted by Crippen LogP contribution is -1.99. The summed E-state index contributed by atoms with van der Waals surface area (Å²) < 4.78 is 15.2. The zero-order valence-corrected chi connectivity index (χ0v) is 12.6. The molecular formula is C19H17FN2. The number of rotatable bonds is 3. The number of nitrogens with zero attached hydrogens (tertiary/aromatic N) is 2. The van der Waals surface area contributed by atoms with Crippen molar-refractivity contribution in [3.8, 4) is 5.69 Å². The van der Waals surface area contributed by atoms with E-state index < -0.39 is 0 Å². The normalized spacial score (nSPS) is 11.2. The molecule has 0 atom stereocenters. The second-order valence-corrected chi connectivity index (χ2v) is 5.23. The van der Waals surface area contributed by atoms with Crippen molar-refractivity contribution in [3.63, 3.8) is 0 Å². The van der Waals surface area contributed by atoms with E-state index in [4.69, 9.17) is 0 Å². The average molecular weight is 292 g/mol. The molecule has 0 aliphatic heterocycles. The van der Waals surface area contributed by atoms with Gasteiger partial charge in [0.15, 0.2) is 0 Å². The number of aromatic nitrogens is 1. The third kappa shape index (κ3) is 2.84. The van der Waals surface area contributed by atoms with Crippen molar-refractivity contribution in [3.05, 3.63) is 83.4 Å². The predicted octanol–water partition coefficient (Wildman–Crippen LogP) is 4.98. The topological polar surface area (TPSA) is 17.3 Å². The Morgan fingerprint density at radius 1 is 0.955 bits per heavy atom. The molecule has 2 nitrogen and oxygen atoms in total. The summed E-state index contributed by atoms with van der Waals surface area (Å²) in [7, 11) is 0. The van der Waals surface area contributed by atoms with Crippen LogP contribution >= 0.6 is 0 Å². The fourth-order valence-electron chi connectivity index (χ4n) is 2.56. The van der Waals surface area contributed by atoms with Gasteiger partial charge in [-0.15, -0.1) is 0 Å². The summed E-state index contributed by atoms with van der Waals surface area (Å²) in [5.74, 6) is -0.225. The molecule has 0 bridgehead atoms. The Morgan fingerprint density at radius 3 is 2.32 bits per heavy atom. The molecule has 1 heterocycles. The van der Waals surface area contributed by atoms with Crippen molar-refractivity contribution in [1.29, 1.82) is 0 Å². The molecular weight excluding hydrogens is 275 g/mol. The summed E-state index contributed by atoms with van der Waals surface area (Å²) in [5.41, 5.74) is 5.12. The van der Waals surface area contributed by atoms with E-state index in [9.17, 15) is 4.39 Å². The molecule has 0 saturated heterocycles. The van der Waals surface area contributed by atoms with Crippen molar-refractivity contribution in [2.45, 2.75) is 13.8 Å². The fraction of sp³-hybridized carbons (Fsp3) is 0.105. The van der Waals surface area contributed by atoms with Gasteiger partial charge in [-0.25, -0.2) is 4.39 Å². The molecule has 0 fully saturated rings. The molecule has 1 aromatic heterocycles. The van der Waals surface area contributed by atoms with Gasteiger partial charge in [-0.3, -0.25) is 4.99 Å². The lowest BCUT2D eigenvalue weighted by Gasteiger charge is -2.09. The highest BCUT2D eigenvalue weighted by Gasteiger charge is 2.09. The molecule has 3 aromatic rings. The standard InChI is InChI=1S/C19H17FN2/c1-14-12-16(13-21-18-6-4-3-5-7-18)15(2)22(14)19-10-8-17(20)9-11-19/h3-13H,1-2H3. The molecule has 22 heavy (non-hydrogen) atoms. The van der Waals surface area contributed by atoms with Gasteiger partial charge in [-0.1, -0.05) is 18.2 Å². The summed E-state index contributed by atoms with van der Waals surface area (Å²) in [6.07, 6.45) is 1.87. The van der Waals surface area contributed by atoms with Gasteiger partial charge < -0.3 is 4.57 Å². The first-order chi connectivity index (χ1) is 10.6. The van der Waals surface area contributed by atoms with Gasteiger partial charge >= 0.3 is 0 Å². The van der Waals surface area contributed by atoms with Crippen LogP contribution in [0.5, 0.6) is 0 Å². The summed E-state index contributed by atoms with van der Waals surface area (Å²) in [4.78, 5) is 4.50. The quantitative estimate of drug-likeness (QED) is 0.605. The van der Waals surface area contributed by atoms with Crippen LogP contribution in [0.3, 0.4) is 0 Å². The molecule has 0 aliphatic rings. The Hall–Kier alpha value is -2.68. The van der Waals surface area contributed by atoms with Crippen molar-refractivity contribution in [1.82, 2.24) is 4.57 Å². The number of aryl methyl sites for hydroxylation is 1. The zero-order valence-electron chi connectivity index (χ0n) is 12.6. The molecule has 0 unspecified atom stereocenters. The van der Waals surface area contributed by atoms with Crippen LogP contribution in [0.25, 0.3) is 5.69 Å². The van der Waals surface area contributed by atoms with Gasteiger partial charge in [0.1, 0.15) is 5.82 Å². The highest BCUT2D eigenvalue weighted by atomic mass is 19.1. The number of hydrogen-bond donors (Lipinski definition) is 0. The number of benzene rings is 2. The second kappa shape index (κ2) is 5.98. The van der Waals surface area contributed by atoms with Crippen molar-refractivity contribution >= 4 is 11.9 Å². The van der Waals surface area contributed by atoms with E-state index in [1.54, 1.807) is 12.1 Å². The van der Waals surface area contributed by atoms with Crippen LogP contribution in [0.4, 0.5) is 10.1 Å². The third-order valence-electron chi connectivity index (χ3n) is 3.66. The van der Waals surface area contributed by atoms with E-state index in [-0.39, 0.29) is 5.82 Å². The largest absolute Gasteiger partial charge is 0.318 e. The minimum atomic E-state index is -0.225. The smallest absolute Gasteiger partial charge is 0.123 e. The Balaban J connectivity index is 1.97. The van der Waals surface area contributed by atoms with Gasteiger partial charge in [0.05, 0.1) is 5.69 Å². The van der Waals surface area contributed by atoms with Crippen LogP contribution in [-0.4, -0.2) is 10.8 Å². The highest BCUT2D eigenvalue weighted by molar-refractivity contribution is 5.84. The molecule has 0 radical (unpaired) electrons. The lowest BCUT2D eigenvalue weighted by atomic mass is 10.2. The molecule has 3 heteroatoms. The molecule has 0 N–H and O–H groups in total. The first-order valence-electron chi connectivity index (χ1n) is 7.19. The molecule has 0 amide bonds. The molecule has 0 aliphatic carbocycles. The summed E-state index contributed by atoms with van der Waals surface area (Å²) in [5, 5.41) is 0. The van der Waals surface area contributed by atoms with Crippen LogP contribution in [0, 0.1) is 19.7 Å². The maximum Gasteiger partial charge on any atom is 0.123 e. The van der Waals surface area contributed by atoms with Gasteiger partial charge in [0.25, 0.3) is 0 Å². The summed E-state index contributed by atoms with van der Waals surface area (Å²) in [6, 6.07) is 18.5. The minimum absolute atomic E-state index is 0.225. The number of hydrogen-bond acceptors (Lipinski definition) is 1. The average Bonchev–Trinajstić information content (AvgIpc) is 2.82. The number of para-hydroxylation sites is 1. The molecule has 0 saturated carbocycles. The summed E-state index contributed by atoms with van der Waals surface area (Å²) in [6.45, 7) is 4.08. The molecule has 110 valence electrons. The van der Waals surface area contributed by atoms with E-state index in [0.717, 1.165) is 28.3 Å². The van der Waals surface area contributed by atoms with Crippen LogP contribution < -0.4 is 0 Å². The Kier molecular flexibility index (Phi) is 3.88. The maximum absolute atomic E-state index is 13.1. The van der Waals surface area contributed by atoms with E-state index in [0.29, 0.717) is 0 Å². The van der Waals surface area contributed by atoms with Gasteiger partial charge in [-0.05, 0) is 56.3 Å². The Bertz CT molecular complexity index is 799. The van der Waals surface area contributed by atoms with E-state index in [1.165, 1.54) is 12.1 Å². The monoisotopic (exact) mass is 292 g/mol. The van der Waals surface area contributed by atoms with Crippen molar-refractivity contribution < 1.29 is 4.39 Å². The van der Waals surface area contributed by atoms with E-state index >= 15 is 0 Å². The predicted molar refractivity (Wildman–Crippen MR) is 88.9 cm³/mol. The Morgan fingerprint density at radius 2 is 1.64 bits per heavy atom. The maximum atomic E-state index is 13.1. The third-order valence-corrected chi connectivity index (χ3v) is 3.66. The van der Waals surface area contributed by atoms with Crippen LogP contribution in [-0.2, 0) is 0 Å². The number of aliphatic imine (C=N–C) groups is 1. The SMILES string of the molecule is Cc1cc(C=Nc2ccccc2)c(C)n1-c1ccc(F)cc1. The first kappa shape index (κ1) is 14.3. The van der Waals surface area contributed by atoms with E-state index in [1.807, 2.05) is 50.4 Å². The van der Waals surface area contributed by atoms with Crippen LogP contribution in [0.2, 0.25) is 0 Å². The van der Waals surface area contributed by atoms with Crippen LogP contribution in [0.1, 0.15) is 17.0 Å². The molecule has 3 rings (SSSR count). The van der Waals surface area contributed by atoms with Crippen molar-refractivity contribution in [2.75, 3.05) is 0 Å². The first-order valence-corrected chi connectivity index (χ1v) is 7.19. The zero-order chi connectivity index (χ0) is 15.5. The lowest BCUT2D eigenvalue weighted by molar-refractivity contribution is 0.627. The van der Waals surface area contributed by atoms with E-state index in [2.05, 4.69) is 15.6 Å². The summed E-state index contributed by atoms with van der Waals surface area (Å²) >= 11 is 0. The van der Waals surface area contributed by atoms with Crippen molar-refractivity contribution in [2.24, 2.45) is 4.99 Å². The molecule has 0 spiro atoms. The van der Waals surface area contributed by atoms with Gasteiger partial charge in [-0.2, -0.15) is 0 Å². The Labute approximate surface area is 129 Å². The van der Waals surface area contributed by atoms with Crippen LogP contribution in [0.15, 0.2) is 65.7 Å². The fourth-order valence-corrected chi connectivity index (χ4v) is 2.56. The highest BCUT2D eigenvalue weighted by Crippen LogP contribution is 2.21. The number of halogens is 1. The minimum Gasteiger partial charge on any atom is -0.318 e. The van der Waals surface area contributed by atoms with Gasteiger partial charge in [0.2, 0.25) is 0 Å². The second-order valence-electron chi connectivity index (χ2n) is 5.23.